The van der Waals surface area contributed by atoms with Crippen molar-refractivity contribution in [1.29, 1.82) is 0 Å². The molecule has 1 unspecified atom stereocenters. The van der Waals surface area contributed by atoms with Crippen molar-refractivity contribution in [2.75, 3.05) is 6.61 Å². The van der Waals surface area contributed by atoms with E-state index < -0.39 is 17.8 Å². The number of carbonyl (C=O) groups excluding carboxylic acids is 3. The molecule has 0 spiro atoms. The van der Waals surface area contributed by atoms with Crippen molar-refractivity contribution >= 4 is 17.7 Å². The van der Waals surface area contributed by atoms with Crippen molar-refractivity contribution in [3.05, 3.63) is 0 Å². The van der Waals surface area contributed by atoms with Gasteiger partial charge in [-0.3, -0.25) is 9.59 Å². The largest absolute Gasteiger partial charge is 0.464 e. The average Bonchev–Trinajstić information content (AvgIpc) is 2.14. The highest BCUT2D eigenvalue weighted by molar-refractivity contribution is 6.04. The second-order valence-corrected chi connectivity index (χ2v) is 3.11. The van der Waals surface area contributed by atoms with E-state index in [0.717, 1.165) is 0 Å². The van der Waals surface area contributed by atoms with Crippen LogP contribution in [-0.2, 0) is 19.1 Å². The van der Waals surface area contributed by atoms with Crippen LogP contribution in [0.1, 0.15) is 33.6 Å². The van der Waals surface area contributed by atoms with E-state index in [1.165, 1.54) is 6.92 Å². The molecule has 5 nitrogen and oxygen atoms in total. The van der Waals surface area contributed by atoms with E-state index in [4.69, 9.17) is 0 Å². The first-order valence-corrected chi connectivity index (χ1v) is 4.99. The molecule has 0 aromatic rings. The summed E-state index contributed by atoms with van der Waals surface area (Å²) in [4.78, 5) is 33.5. The maximum atomic E-state index is 11.3. The fourth-order valence-corrected chi connectivity index (χ4v) is 1.01. The van der Waals surface area contributed by atoms with Crippen molar-refractivity contribution in [3.8, 4) is 0 Å². The van der Waals surface area contributed by atoms with Gasteiger partial charge in [-0.25, -0.2) is 4.79 Å². The number of rotatable bonds is 6. The van der Waals surface area contributed by atoms with Gasteiger partial charge in [0.2, 0.25) is 5.91 Å². The maximum Gasteiger partial charge on any atom is 0.336 e. The Morgan fingerprint density at radius 3 is 2.27 bits per heavy atom. The molecule has 0 bridgehead atoms. The first kappa shape index (κ1) is 13.6. The Morgan fingerprint density at radius 1 is 1.27 bits per heavy atom. The second-order valence-electron chi connectivity index (χ2n) is 3.11. The Balaban J connectivity index is 4.34. The number of carbonyl (C=O) groups is 3. The minimum atomic E-state index is -1.16. The lowest BCUT2D eigenvalue weighted by molar-refractivity contribution is -0.150. The summed E-state index contributed by atoms with van der Waals surface area (Å²) in [6.45, 7) is 4.91. The summed E-state index contributed by atoms with van der Waals surface area (Å²) in [7, 11) is 0. The monoisotopic (exact) mass is 215 g/mol. The summed E-state index contributed by atoms with van der Waals surface area (Å²) in [6, 6.07) is -1.16. The lowest BCUT2D eigenvalue weighted by atomic mass is 10.2. The molecule has 0 radical (unpaired) electrons. The number of hydrogen-bond donors (Lipinski definition) is 1. The van der Waals surface area contributed by atoms with Gasteiger partial charge >= 0.3 is 5.97 Å². The minimum absolute atomic E-state index is 0.187. The Kier molecular flexibility index (Phi) is 6.33. The second kappa shape index (κ2) is 6.98. The van der Waals surface area contributed by atoms with E-state index in [1.807, 2.05) is 6.92 Å². The number of hydrogen-bond acceptors (Lipinski definition) is 4. The van der Waals surface area contributed by atoms with Crippen LogP contribution < -0.4 is 5.32 Å². The molecule has 0 aromatic carbocycles. The number of amides is 1. The highest BCUT2D eigenvalue weighted by Gasteiger charge is 2.25. The van der Waals surface area contributed by atoms with Crippen LogP contribution in [0.4, 0.5) is 0 Å². The first-order valence-electron chi connectivity index (χ1n) is 4.99. The fraction of sp³-hybridized carbons (Fsp3) is 0.700. The van der Waals surface area contributed by atoms with Gasteiger partial charge < -0.3 is 10.1 Å². The first-order chi connectivity index (χ1) is 7.02. The molecule has 0 aliphatic carbocycles. The van der Waals surface area contributed by atoms with Crippen LogP contribution in [0, 0.1) is 0 Å². The van der Waals surface area contributed by atoms with Crippen LogP contribution in [0.15, 0.2) is 0 Å². The van der Waals surface area contributed by atoms with Crippen LogP contribution in [0.2, 0.25) is 0 Å². The average molecular weight is 215 g/mol. The third-order valence-electron chi connectivity index (χ3n) is 1.71. The van der Waals surface area contributed by atoms with Crippen LogP contribution >= 0.6 is 0 Å². The van der Waals surface area contributed by atoms with Crippen molar-refractivity contribution in [2.45, 2.75) is 39.7 Å². The van der Waals surface area contributed by atoms with Gasteiger partial charge in [-0.15, -0.1) is 0 Å². The van der Waals surface area contributed by atoms with Gasteiger partial charge in [-0.05, 0) is 20.3 Å². The van der Waals surface area contributed by atoms with E-state index in [1.54, 1.807) is 6.92 Å². The fourth-order valence-electron chi connectivity index (χ4n) is 1.01. The van der Waals surface area contributed by atoms with Crippen LogP contribution in [0.5, 0.6) is 0 Å². The van der Waals surface area contributed by atoms with Crippen molar-refractivity contribution in [2.24, 2.45) is 0 Å². The molecule has 0 heterocycles. The molecule has 1 N–H and O–H groups in total. The number of ketones is 1. The zero-order valence-electron chi connectivity index (χ0n) is 9.33. The molecule has 0 saturated carbocycles. The summed E-state index contributed by atoms with van der Waals surface area (Å²) in [5.74, 6) is -1.43. The molecule has 1 atom stereocenters. The minimum Gasteiger partial charge on any atom is -0.464 e. The Labute approximate surface area is 89.2 Å². The number of nitrogens with one attached hydrogen (secondary N) is 1. The zero-order valence-corrected chi connectivity index (χ0v) is 9.33. The summed E-state index contributed by atoms with van der Waals surface area (Å²) in [5.41, 5.74) is 0. The number of Topliss-reactive ketones (excluding diaryl/α,β-unsaturated/α-hetero) is 1. The Bertz CT molecular complexity index is 250. The van der Waals surface area contributed by atoms with E-state index in [0.29, 0.717) is 12.8 Å². The van der Waals surface area contributed by atoms with Gasteiger partial charge in [0.25, 0.3) is 0 Å². The molecule has 0 saturated heterocycles. The quantitative estimate of drug-likeness (QED) is 0.515. The standard InChI is InChI=1S/C10H17NO4/c1-4-6-8(13)11-9(7(3)12)10(14)15-5-2/h9H,4-6H2,1-3H3,(H,11,13). The highest BCUT2D eigenvalue weighted by Crippen LogP contribution is 1.94. The van der Waals surface area contributed by atoms with E-state index in [-0.39, 0.29) is 12.5 Å². The molecule has 15 heavy (non-hydrogen) atoms. The molecule has 0 aliphatic heterocycles. The van der Waals surface area contributed by atoms with Crippen LogP contribution in [0.25, 0.3) is 0 Å². The molecule has 1 amide bonds. The molecule has 0 rings (SSSR count). The Morgan fingerprint density at radius 2 is 1.87 bits per heavy atom. The lowest BCUT2D eigenvalue weighted by Crippen LogP contribution is -2.46. The molecular formula is C10H17NO4. The molecular weight excluding hydrogens is 198 g/mol. The van der Waals surface area contributed by atoms with Gasteiger partial charge in [0.15, 0.2) is 11.8 Å². The van der Waals surface area contributed by atoms with Crippen molar-refractivity contribution in [1.82, 2.24) is 5.32 Å². The van der Waals surface area contributed by atoms with Gasteiger partial charge in [-0.2, -0.15) is 0 Å². The third kappa shape index (κ3) is 5.15. The Hall–Kier alpha value is -1.39. The van der Waals surface area contributed by atoms with Crippen LogP contribution in [-0.4, -0.2) is 30.3 Å². The van der Waals surface area contributed by atoms with E-state index in [9.17, 15) is 14.4 Å². The summed E-state index contributed by atoms with van der Waals surface area (Å²) in [6.07, 6.45) is 0.961. The molecule has 86 valence electrons. The SMILES string of the molecule is CCCC(=O)NC(C(C)=O)C(=O)OCC. The van der Waals surface area contributed by atoms with Gasteiger partial charge in [0.1, 0.15) is 0 Å². The number of ether oxygens (including phenoxy) is 1. The number of esters is 1. The van der Waals surface area contributed by atoms with E-state index >= 15 is 0 Å². The smallest absolute Gasteiger partial charge is 0.336 e. The predicted octanol–water partition coefficient (Wildman–Crippen LogP) is 0.423. The van der Waals surface area contributed by atoms with Crippen LogP contribution in [0.3, 0.4) is 0 Å². The molecule has 0 aliphatic rings. The van der Waals surface area contributed by atoms with Gasteiger partial charge in [-0.1, -0.05) is 6.92 Å². The van der Waals surface area contributed by atoms with Crippen molar-refractivity contribution in [3.63, 3.8) is 0 Å². The third-order valence-corrected chi connectivity index (χ3v) is 1.71. The molecule has 5 heteroatoms. The molecule has 0 aromatic heterocycles. The summed E-state index contributed by atoms with van der Waals surface area (Å²) < 4.78 is 4.67. The van der Waals surface area contributed by atoms with Gasteiger partial charge in [0.05, 0.1) is 6.61 Å². The normalized spacial score (nSPS) is 11.7. The lowest BCUT2D eigenvalue weighted by Gasteiger charge is -2.13. The van der Waals surface area contributed by atoms with Crippen molar-refractivity contribution < 1.29 is 19.1 Å². The summed E-state index contributed by atoms with van der Waals surface area (Å²) in [5, 5.41) is 2.34. The van der Waals surface area contributed by atoms with Gasteiger partial charge in [0, 0.05) is 6.42 Å². The summed E-state index contributed by atoms with van der Waals surface area (Å²) >= 11 is 0. The highest BCUT2D eigenvalue weighted by atomic mass is 16.5. The zero-order chi connectivity index (χ0) is 11.8. The maximum absolute atomic E-state index is 11.3. The predicted molar refractivity (Wildman–Crippen MR) is 54.2 cm³/mol. The van der Waals surface area contributed by atoms with E-state index in [2.05, 4.69) is 10.1 Å². The topological polar surface area (TPSA) is 72.5 Å². The molecule has 0 fully saturated rings.